The maximum Gasteiger partial charge on any atom is 0.316 e. The van der Waals surface area contributed by atoms with Gasteiger partial charge in [0.25, 0.3) is 0 Å². The van der Waals surface area contributed by atoms with Crippen molar-refractivity contribution in [3.05, 3.63) is 34.4 Å². The van der Waals surface area contributed by atoms with E-state index >= 15 is 0 Å². The standard InChI is InChI=1S/C21H32O3.H3OP/c1-6-8-10-12-24-21(23)18(11-9-7-2)20(22)19-16(4)13-15(3)14-17(19)5;1-2/h13-14,18H,6-12H2,1-5H3;2H3. The first kappa shape index (κ1) is 24.6. The Hall–Kier alpha value is -1.41. The number of unbranched alkanes of at least 4 members (excludes halogenated alkanes) is 3. The number of benzene rings is 1. The van der Waals surface area contributed by atoms with Gasteiger partial charge in [-0.3, -0.25) is 9.59 Å². The number of rotatable bonds is 10. The number of esters is 1. The van der Waals surface area contributed by atoms with Gasteiger partial charge in [-0.25, -0.2) is 0 Å². The van der Waals surface area contributed by atoms with Crippen molar-refractivity contribution >= 4 is 20.9 Å². The molecule has 0 aliphatic carbocycles. The average Bonchev–Trinajstić information content (AvgIpc) is 2.60. The Bertz CT molecular complexity index is 560. The minimum absolute atomic E-state index is 0.0843. The molecule has 26 heavy (non-hydrogen) atoms. The highest BCUT2D eigenvalue weighted by Gasteiger charge is 2.30. The second-order valence-electron chi connectivity index (χ2n) is 6.71. The van der Waals surface area contributed by atoms with Gasteiger partial charge in [0.1, 0.15) is 5.92 Å². The Morgan fingerprint density at radius 3 is 2.00 bits per heavy atom. The summed E-state index contributed by atoms with van der Waals surface area (Å²) in [5.74, 6) is -1.12. The molecule has 0 aromatic heterocycles. The van der Waals surface area contributed by atoms with Crippen molar-refractivity contribution in [2.45, 2.75) is 73.1 Å². The summed E-state index contributed by atoms with van der Waals surface area (Å²) in [5.41, 5.74) is 3.71. The molecular weight excluding hydrogens is 347 g/mol. The van der Waals surface area contributed by atoms with Crippen molar-refractivity contribution in [3.63, 3.8) is 0 Å². The van der Waals surface area contributed by atoms with E-state index in [1.807, 2.05) is 32.9 Å². The molecule has 0 bridgehead atoms. The SMILES string of the molecule is CCCCCOC(=O)C(CCCC)C(=O)c1c(C)cc(C)cc1C.O=[PH3]. The lowest BCUT2D eigenvalue weighted by molar-refractivity contribution is -0.147. The zero-order valence-corrected chi connectivity index (χ0v) is 18.4. The number of carbonyl (C=O) groups is 2. The first-order chi connectivity index (χ1) is 12.4. The van der Waals surface area contributed by atoms with E-state index in [1.54, 1.807) is 0 Å². The Balaban J connectivity index is 0.00000301. The van der Waals surface area contributed by atoms with Gasteiger partial charge >= 0.3 is 5.97 Å². The van der Waals surface area contributed by atoms with Gasteiger partial charge in [-0.1, -0.05) is 57.2 Å². The van der Waals surface area contributed by atoms with E-state index in [0.29, 0.717) is 27.7 Å². The van der Waals surface area contributed by atoms with Crippen LogP contribution in [-0.4, -0.2) is 18.4 Å². The van der Waals surface area contributed by atoms with Crippen LogP contribution >= 0.6 is 9.12 Å². The van der Waals surface area contributed by atoms with Gasteiger partial charge in [0, 0.05) is 5.56 Å². The van der Waals surface area contributed by atoms with Gasteiger partial charge in [0.2, 0.25) is 0 Å². The lowest BCUT2D eigenvalue weighted by Crippen LogP contribution is -2.28. The maximum atomic E-state index is 13.0. The molecule has 0 saturated carbocycles. The molecule has 148 valence electrons. The van der Waals surface area contributed by atoms with E-state index < -0.39 is 5.92 Å². The van der Waals surface area contributed by atoms with E-state index in [9.17, 15) is 9.59 Å². The van der Waals surface area contributed by atoms with Crippen LogP contribution in [0, 0.1) is 26.7 Å². The fourth-order valence-electron chi connectivity index (χ4n) is 3.13. The summed E-state index contributed by atoms with van der Waals surface area (Å²) in [6.45, 7) is 10.5. The van der Waals surface area contributed by atoms with Crippen LogP contribution in [0.5, 0.6) is 0 Å². The molecule has 0 aliphatic heterocycles. The van der Waals surface area contributed by atoms with Gasteiger partial charge in [-0.05, 0) is 44.7 Å². The van der Waals surface area contributed by atoms with Crippen LogP contribution in [0.1, 0.15) is 79.4 Å². The molecule has 2 atom stereocenters. The second-order valence-corrected chi connectivity index (χ2v) is 6.71. The van der Waals surface area contributed by atoms with Crippen LogP contribution in [0.25, 0.3) is 0 Å². The molecule has 0 N–H and O–H groups in total. The van der Waals surface area contributed by atoms with Crippen molar-refractivity contribution in [2.75, 3.05) is 6.61 Å². The van der Waals surface area contributed by atoms with E-state index in [4.69, 9.17) is 9.30 Å². The first-order valence-corrected chi connectivity index (χ1v) is 10.1. The van der Waals surface area contributed by atoms with Gasteiger partial charge in [-0.2, -0.15) is 0 Å². The number of ketones is 1. The molecule has 0 saturated heterocycles. The van der Waals surface area contributed by atoms with E-state index in [-0.39, 0.29) is 11.8 Å². The van der Waals surface area contributed by atoms with E-state index in [2.05, 4.69) is 13.8 Å². The lowest BCUT2D eigenvalue weighted by Gasteiger charge is -2.18. The molecular formula is C21H35O4P. The number of Topliss-reactive ketones (excluding diaryl/α,β-unsaturated/α-hetero) is 1. The van der Waals surface area contributed by atoms with Crippen molar-refractivity contribution < 1.29 is 18.9 Å². The third-order valence-corrected chi connectivity index (χ3v) is 4.36. The topological polar surface area (TPSA) is 60.4 Å². The molecule has 0 heterocycles. The zero-order chi connectivity index (χ0) is 20.1. The Morgan fingerprint density at radius 2 is 1.50 bits per heavy atom. The number of ether oxygens (including phenoxy) is 1. The number of hydrogen-bond donors (Lipinski definition) is 0. The van der Waals surface area contributed by atoms with Crippen LogP contribution in [0.15, 0.2) is 12.1 Å². The highest BCUT2D eigenvalue weighted by atomic mass is 31.0. The van der Waals surface area contributed by atoms with Crippen LogP contribution in [0.3, 0.4) is 0 Å². The molecule has 0 radical (unpaired) electrons. The number of aryl methyl sites for hydroxylation is 3. The minimum atomic E-state index is -0.674. The Labute approximate surface area is 160 Å². The summed E-state index contributed by atoms with van der Waals surface area (Å²) in [6.07, 6.45) is 5.35. The van der Waals surface area contributed by atoms with E-state index in [1.165, 1.54) is 0 Å². The van der Waals surface area contributed by atoms with Gasteiger partial charge < -0.3 is 9.30 Å². The van der Waals surface area contributed by atoms with Gasteiger partial charge in [0.15, 0.2) is 5.78 Å². The molecule has 4 nitrogen and oxygen atoms in total. The molecule has 0 amide bonds. The molecule has 0 fully saturated rings. The molecule has 1 aromatic rings. The third kappa shape index (κ3) is 7.86. The molecule has 1 aromatic carbocycles. The predicted octanol–water partition coefficient (Wildman–Crippen LogP) is 5.27. The fourth-order valence-corrected chi connectivity index (χ4v) is 3.13. The van der Waals surface area contributed by atoms with Crippen molar-refractivity contribution in [1.29, 1.82) is 0 Å². The van der Waals surface area contributed by atoms with Crippen molar-refractivity contribution in [3.8, 4) is 0 Å². The molecule has 0 spiro atoms. The number of hydrogen-bond acceptors (Lipinski definition) is 4. The van der Waals surface area contributed by atoms with Crippen LogP contribution in [0.2, 0.25) is 0 Å². The predicted molar refractivity (Wildman–Crippen MR) is 110 cm³/mol. The third-order valence-electron chi connectivity index (χ3n) is 4.36. The van der Waals surface area contributed by atoms with E-state index in [0.717, 1.165) is 48.8 Å². The summed E-state index contributed by atoms with van der Waals surface area (Å²) in [4.78, 5) is 25.5. The second kappa shape index (κ2) is 13.7. The molecule has 2 unspecified atom stereocenters. The quantitative estimate of drug-likeness (QED) is 0.182. The summed E-state index contributed by atoms with van der Waals surface area (Å²) in [7, 11) is 0.611. The normalized spacial score (nSPS) is 11.4. The van der Waals surface area contributed by atoms with Crippen molar-refractivity contribution in [1.82, 2.24) is 0 Å². The summed E-state index contributed by atoms with van der Waals surface area (Å²) >= 11 is 0. The maximum absolute atomic E-state index is 13.0. The molecule has 1 rings (SSSR count). The summed E-state index contributed by atoms with van der Waals surface area (Å²) in [5, 5.41) is 0. The minimum Gasteiger partial charge on any atom is -0.465 e. The molecule has 5 heteroatoms. The van der Waals surface area contributed by atoms with Gasteiger partial charge in [0.05, 0.1) is 15.7 Å². The van der Waals surface area contributed by atoms with Crippen LogP contribution in [-0.2, 0) is 14.1 Å². The Kier molecular flexibility index (Phi) is 13.0. The smallest absolute Gasteiger partial charge is 0.316 e. The lowest BCUT2D eigenvalue weighted by atomic mass is 9.87. The highest BCUT2D eigenvalue weighted by molar-refractivity contribution is 7.00. The largest absolute Gasteiger partial charge is 0.465 e. The summed E-state index contributed by atoms with van der Waals surface area (Å²) < 4.78 is 13.7. The van der Waals surface area contributed by atoms with Crippen LogP contribution < -0.4 is 0 Å². The Morgan fingerprint density at radius 1 is 0.962 bits per heavy atom. The number of carbonyl (C=O) groups excluding carboxylic acids is 2. The average molecular weight is 382 g/mol. The molecule has 0 aliphatic rings. The zero-order valence-electron chi connectivity index (χ0n) is 17.0. The fraction of sp³-hybridized carbons (Fsp3) is 0.619. The van der Waals surface area contributed by atoms with Crippen molar-refractivity contribution in [2.24, 2.45) is 5.92 Å². The first-order valence-electron chi connectivity index (χ1n) is 9.49. The van der Waals surface area contributed by atoms with Gasteiger partial charge in [-0.15, -0.1) is 0 Å². The summed E-state index contributed by atoms with van der Waals surface area (Å²) in [6, 6.07) is 4.01. The monoisotopic (exact) mass is 382 g/mol. The highest BCUT2D eigenvalue weighted by Crippen LogP contribution is 2.24. The van der Waals surface area contributed by atoms with Crippen LogP contribution in [0.4, 0.5) is 0 Å².